The fourth-order valence-corrected chi connectivity index (χ4v) is 2.88. The fraction of sp³-hybridized carbons (Fsp3) is 0.625. The van der Waals surface area contributed by atoms with Crippen LogP contribution in [-0.4, -0.2) is 13.7 Å². The highest BCUT2D eigenvalue weighted by atomic mass is 16.5. The summed E-state index contributed by atoms with van der Waals surface area (Å²) in [7, 11) is 1.77. The molecule has 2 rings (SSSR count). The molecule has 0 aliphatic carbocycles. The van der Waals surface area contributed by atoms with Gasteiger partial charge in [-0.1, -0.05) is 44.7 Å². The molecule has 18 heavy (non-hydrogen) atoms. The normalized spacial score (nSPS) is 18.4. The largest absolute Gasteiger partial charge is 0.496 e. The Morgan fingerprint density at radius 2 is 2.17 bits per heavy atom. The van der Waals surface area contributed by atoms with E-state index in [4.69, 9.17) is 4.74 Å². The second-order valence-corrected chi connectivity index (χ2v) is 5.13. The topological polar surface area (TPSA) is 21.3 Å². The maximum Gasteiger partial charge on any atom is 0.122 e. The third-order valence-electron chi connectivity index (χ3n) is 3.88. The van der Waals surface area contributed by atoms with E-state index >= 15 is 0 Å². The van der Waals surface area contributed by atoms with Gasteiger partial charge in [0.15, 0.2) is 0 Å². The van der Waals surface area contributed by atoms with Crippen LogP contribution in [-0.2, 0) is 6.42 Å². The number of unbranched alkanes of at least 4 members (excludes halogenated alkanes) is 3. The van der Waals surface area contributed by atoms with Crippen molar-refractivity contribution in [1.29, 1.82) is 0 Å². The zero-order valence-electron chi connectivity index (χ0n) is 11.7. The molecule has 2 nitrogen and oxygen atoms in total. The van der Waals surface area contributed by atoms with Crippen LogP contribution in [0.3, 0.4) is 0 Å². The maximum absolute atomic E-state index is 5.48. The van der Waals surface area contributed by atoms with E-state index in [1.807, 2.05) is 0 Å². The first-order valence-electron chi connectivity index (χ1n) is 7.26. The molecule has 1 aliphatic heterocycles. The molecule has 0 saturated carbocycles. The van der Waals surface area contributed by atoms with Gasteiger partial charge in [-0.2, -0.15) is 0 Å². The Morgan fingerprint density at radius 1 is 1.28 bits per heavy atom. The number of hydrogen-bond acceptors (Lipinski definition) is 2. The van der Waals surface area contributed by atoms with E-state index < -0.39 is 0 Å². The van der Waals surface area contributed by atoms with Gasteiger partial charge in [-0.25, -0.2) is 0 Å². The molecule has 1 aliphatic rings. The summed E-state index contributed by atoms with van der Waals surface area (Å²) < 4.78 is 5.48. The minimum absolute atomic E-state index is 0.528. The van der Waals surface area contributed by atoms with Crippen LogP contribution in [0, 0.1) is 0 Å². The van der Waals surface area contributed by atoms with Crippen molar-refractivity contribution in [2.45, 2.75) is 51.5 Å². The number of hydrogen-bond donors (Lipinski definition) is 1. The van der Waals surface area contributed by atoms with Crippen LogP contribution >= 0.6 is 0 Å². The Balaban J connectivity index is 2.03. The lowest BCUT2D eigenvalue weighted by molar-refractivity contribution is 0.395. The molecule has 100 valence electrons. The molecule has 0 fully saturated rings. The molecule has 0 aromatic heterocycles. The van der Waals surface area contributed by atoms with Gasteiger partial charge in [0, 0.05) is 11.6 Å². The molecule has 0 saturated heterocycles. The molecule has 0 amide bonds. The van der Waals surface area contributed by atoms with Gasteiger partial charge in [-0.05, 0) is 31.0 Å². The molecule has 1 aromatic rings. The van der Waals surface area contributed by atoms with E-state index in [0.29, 0.717) is 6.04 Å². The molecule has 0 bridgehead atoms. The van der Waals surface area contributed by atoms with Crippen molar-refractivity contribution in [1.82, 2.24) is 5.32 Å². The third kappa shape index (κ3) is 3.05. The summed E-state index contributed by atoms with van der Waals surface area (Å²) in [5, 5.41) is 3.65. The number of benzene rings is 1. The van der Waals surface area contributed by atoms with E-state index in [0.717, 1.165) is 18.7 Å². The Labute approximate surface area is 111 Å². The molecule has 1 N–H and O–H groups in total. The van der Waals surface area contributed by atoms with Crippen LogP contribution in [0.2, 0.25) is 0 Å². The molecular formula is C16H25NO. The predicted molar refractivity (Wildman–Crippen MR) is 76.2 cm³/mol. The van der Waals surface area contributed by atoms with Crippen LogP contribution in [0.25, 0.3) is 0 Å². The molecule has 1 aromatic carbocycles. The second kappa shape index (κ2) is 6.79. The highest BCUT2D eigenvalue weighted by molar-refractivity contribution is 5.43. The number of rotatable bonds is 6. The standard InChI is InChI=1S/C16H25NO/c1-3-4-5-6-9-15-13-8-7-10-16(18-2)14(13)11-12-17-15/h7-8,10,15,17H,3-6,9,11-12H2,1-2H3. The Morgan fingerprint density at radius 3 is 2.94 bits per heavy atom. The molecule has 0 radical (unpaired) electrons. The molecule has 0 spiro atoms. The summed E-state index contributed by atoms with van der Waals surface area (Å²) in [6, 6.07) is 6.98. The van der Waals surface area contributed by atoms with E-state index in [9.17, 15) is 0 Å². The number of ether oxygens (including phenoxy) is 1. The van der Waals surface area contributed by atoms with Crippen molar-refractivity contribution >= 4 is 0 Å². The van der Waals surface area contributed by atoms with Crippen LogP contribution in [0.1, 0.15) is 56.2 Å². The number of fused-ring (bicyclic) bond motifs is 1. The first-order valence-corrected chi connectivity index (χ1v) is 7.26. The van der Waals surface area contributed by atoms with Crippen LogP contribution < -0.4 is 10.1 Å². The lowest BCUT2D eigenvalue weighted by atomic mass is 9.90. The second-order valence-electron chi connectivity index (χ2n) is 5.13. The molecular weight excluding hydrogens is 222 g/mol. The van der Waals surface area contributed by atoms with E-state index in [-0.39, 0.29) is 0 Å². The molecule has 1 atom stereocenters. The summed E-state index contributed by atoms with van der Waals surface area (Å²) in [4.78, 5) is 0. The van der Waals surface area contributed by atoms with Gasteiger partial charge in [0.25, 0.3) is 0 Å². The average molecular weight is 247 g/mol. The molecule has 1 unspecified atom stereocenters. The van der Waals surface area contributed by atoms with Gasteiger partial charge in [0.05, 0.1) is 7.11 Å². The van der Waals surface area contributed by atoms with Crippen molar-refractivity contribution < 1.29 is 4.74 Å². The number of nitrogens with one attached hydrogen (secondary N) is 1. The van der Waals surface area contributed by atoms with Gasteiger partial charge in [-0.3, -0.25) is 0 Å². The van der Waals surface area contributed by atoms with Gasteiger partial charge in [-0.15, -0.1) is 0 Å². The summed E-state index contributed by atoms with van der Waals surface area (Å²) in [6.07, 6.45) is 7.68. The smallest absolute Gasteiger partial charge is 0.122 e. The first kappa shape index (κ1) is 13.4. The van der Waals surface area contributed by atoms with Crippen molar-refractivity contribution in [3.8, 4) is 5.75 Å². The highest BCUT2D eigenvalue weighted by Crippen LogP contribution is 2.32. The van der Waals surface area contributed by atoms with E-state index in [2.05, 4.69) is 30.4 Å². The summed E-state index contributed by atoms with van der Waals surface area (Å²) >= 11 is 0. The van der Waals surface area contributed by atoms with Crippen molar-refractivity contribution in [2.24, 2.45) is 0 Å². The lowest BCUT2D eigenvalue weighted by Gasteiger charge is -2.28. The van der Waals surface area contributed by atoms with Crippen molar-refractivity contribution in [3.05, 3.63) is 29.3 Å². The molecule has 2 heteroatoms. The van der Waals surface area contributed by atoms with Gasteiger partial charge in [0.1, 0.15) is 5.75 Å². The van der Waals surface area contributed by atoms with Gasteiger partial charge < -0.3 is 10.1 Å². The minimum atomic E-state index is 0.528. The number of methoxy groups -OCH3 is 1. The average Bonchev–Trinajstić information content (AvgIpc) is 2.43. The zero-order chi connectivity index (χ0) is 12.8. The van der Waals surface area contributed by atoms with Gasteiger partial charge in [0.2, 0.25) is 0 Å². The lowest BCUT2D eigenvalue weighted by Crippen LogP contribution is -2.30. The summed E-state index contributed by atoms with van der Waals surface area (Å²) in [5.74, 6) is 1.06. The van der Waals surface area contributed by atoms with Crippen LogP contribution in [0.15, 0.2) is 18.2 Å². The summed E-state index contributed by atoms with van der Waals surface area (Å²) in [5.41, 5.74) is 2.87. The zero-order valence-corrected chi connectivity index (χ0v) is 11.7. The Bertz CT molecular complexity index is 375. The van der Waals surface area contributed by atoms with Crippen molar-refractivity contribution in [2.75, 3.05) is 13.7 Å². The fourth-order valence-electron chi connectivity index (χ4n) is 2.88. The SMILES string of the molecule is CCCCCCC1NCCc2c(OC)cccc21. The van der Waals surface area contributed by atoms with Crippen LogP contribution in [0.4, 0.5) is 0 Å². The highest BCUT2D eigenvalue weighted by Gasteiger charge is 2.21. The Hall–Kier alpha value is -1.02. The van der Waals surface area contributed by atoms with E-state index in [1.54, 1.807) is 7.11 Å². The summed E-state index contributed by atoms with van der Waals surface area (Å²) in [6.45, 7) is 3.34. The maximum atomic E-state index is 5.48. The third-order valence-corrected chi connectivity index (χ3v) is 3.88. The monoisotopic (exact) mass is 247 g/mol. The minimum Gasteiger partial charge on any atom is -0.496 e. The van der Waals surface area contributed by atoms with Gasteiger partial charge >= 0.3 is 0 Å². The molecule has 1 heterocycles. The van der Waals surface area contributed by atoms with Crippen LogP contribution in [0.5, 0.6) is 5.75 Å². The van der Waals surface area contributed by atoms with E-state index in [1.165, 1.54) is 43.2 Å². The predicted octanol–water partition coefficient (Wildman–Crippen LogP) is 3.85. The van der Waals surface area contributed by atoms with Crippen molar-refractivity contribution in [3.63, 3.8) is 0 Å². The Kier molecular flexibility index (Phi) is 5.06. The first-order chi connectivity index (χ1) is 8.86. The quantitative estimate of drug-likeness (QED) is 0.771.